The third-order valence-corrected chi connectivity index (χ3v) is 6.33. The summed E-state index contributed by atoms with van der Waals surface area (Å²) in [5, 5.41) is 5.93. The van der Waals surface area contributed by atoms with Crippen LogP contribution < -0.4 is 10.1 Å². The number of furan rings is 1. The summed E-state index contributed by atoms with van der Waals surface area (Å²) in [5.41, 5.74) is 1.97. The first kappa shape index (κ1) is 20.1. The number of fused-ring (bicyclic) bond motifs is 1. The SMILES string of the molecule is COc1cccc2cc(-c3csc(NC(=O)Cc4ccc(S(C)(=O)=O)cc4)n3)oc12. The third-order valence-electron chi connectivity index (χ3n) is 4.45. The summed E-state index contributed by atoms with van der Waals surface area (Å²) in [6.45, 7) is 0. The smallest absolute Gasteiger partial charge is 0.230 e. The maximum absolute atomic E-state index is 12.3. The predicted molar refractivity (Wildman–Crippen MR) is 116 cm³/mol. The number of benzene rings is 2. The molecule has 0 atom stereocenters. The maximum Gasteiger partial charge on any atom is 0.230 e. The van der Waals surface area contributed by atoms with E-state index in [1.807, 2.05) is 24.3 Å². The number of ether oxygens (including phenoxy) is 1. The molecule has 2 aromatic heterocycles. The normalized spacial score (nSPS) is 11.5. The van der Waals surface area contributed by atoms with Gasteiger partial charge < -0.3 is 14.5 Å². The van der Waals surface area contributed by atoms with E-state index < -0.39 is 9.84 Å². The highest BCUT2D eigenvalue weighted by Gasteiger charge is 2.14. The van der Waals surface area contributed by atoms with Gasteiger partial charge in [0.1, 0.15) is 5.69 Å². The molecule has 0 aliphatic heterocycles. The van der Waals surface area contributed by atoms with E-state index in [4.69, 9.17) is 9.15 Å². The van der Waals surface area contributed by atoms with E-state index in [-0.39, 0.29) is 17.2 Å². The number of sulfone groups is 1. The van der Waals surface area contributed by atoms with Gasteiger partial charge in [-0.25, -0.2) is 13.4 Å². The third kappa shape index (κ3) is 4.22. The van der Waals surface area contributed by atoms with Crippen LogP contribution in [0.25, 0.3) is 22.4 Å². The first-order valence-electron chi connectivity index (χ1n) is 8.95. The van der Waals surface area contributed by atoms with Gasteiger partial charge in [0.2, 0.25) is 5.91 Å². The molecule has 0 saturated carbocycles. The fourth-order valence-corrected chi connectivity index (χ4v) is 4.32. The number of carbonyl (C=O) groups is 1. The molecule has 0 unspecified atom stereocenters. The molecule has 9 heteroatoms. The number of amides is 1. The van der Waals surface area contributed by atoms with Gasteiger partial charge in [-0.05, 0) is 29.8 Å². The molecule has 0 spiro atoms. The number of anilines is 1. The number of methoxy groups -OCH3 is 1. The number of hydrogen-bond acceptors (Lipinski definition) is 7. The van der Waals surface area contributed by atoms with Gasteiger partial charge in [0.25, 0.3) is 0 Å². The minimum atomic E-state index is -3.26. The van der Waals surface area contributed by atoms with Crippen molar-refractivity contribution in [3.63, 3.8) is 0 Å². The van der Waals surface area contributed by atoms with Gasteiger partial charge in [0.05, 0.1) is 18.4 Å². The highest BCUT2D eigenvalue weighted by atomic mass is 32.2. The zero-order valence-corrected chi connectivity index (χ0v) is 17.8. The molecule has 0 aliphatic rings. The second-order valence-corrected chi connectivity index (χ2v) is 9.54. The Morgan fingerprint density at radius 1 is 1.20 bits per heavy atom. The molecule has 0 bridgehead atoms. The lowest BCUT2D eigenvalue weighted by atomic mass is 10.1. The number of hydrogen-bond donors (Lipinski definition) is 1. The van der Waals surface area contributed by atoms with Gasteiger partial charge >= 0.3 is 0 Å². The molecule has 1 amide bonds. The van der Waals surface area contributed by atoms with Crippen LogP contribution in [0.3, 0.4) is 0 Å². The summed E-state index contributed by atoms with van der Waals surface area (Å²) in [7, 11) is -1.67. The number of rotatable bonds is 6. The lowest BCUT2D eigenvalue weighted by Gasteiger charge is -2.03. The number of thiazole rings is 1. The highest BCUT2D eigenvalue weighted by molar-refractivity contribution is 7.90. The van der Waals surface area contributed by atoms with Crippen molar-refractivity contribution in [3.05, 3.63) is 59.5 Å². The Kier molecular flexibility index (Phi) is 5.31. The second-order valence-electron chi connectivity index (χ2n) is 6.67. The molecular formula is C21H18N2O5S2. The number of carbonyl (C=O) groups excluding carboxylic acids is 1. The molecule has 0 fully saturated rings. The highest BCUT2D eigenvalue weighted by Crippen LogP contribution is 2.34. The van der Waals surface area contributed by atoms with Crippen LogP contribution in [0.2, 0.25) is 0 Å². The Balaban J connectivity index is 1.46. The van der Waals surface area contributed by atoms with Gasteiger partial charge in [-0.3, -0.25) is 4.79 Å². The summed E-state index contributed by atoms with van der Waals surface area (Å²) < 4.78 is 34.2. The van der Waals surface area contributed by atoms with Crippen molar-refractivity contribution >= 4 is 43.2 Å². The number of aromatic nitrogens is 1. The van der Waals surface area contributed by atoms with Crippen molar-refractivity contribution in [2.75, 3.05) is 18.7 Å². The number of para-hydroxylation sites is 1. The van der Waals surface area contributed by atoms with Gasteiger partial charge in [0, 0.05) is 17.0 Å². The van der Waals surface area contributed by atoms with Crippen molar-refractivity contribution < 1.29 is 22.4 Å². The molecule has 2 aromatic carbocycles. The topological polar surface area (TPSA) is 98.5 Å². The molecule has 1 N–H and O–H groups in total. The van der Waals surface area contributed by atoms with E-state index in [2.05, 4.69) is 10.3 Å². The number of nitrogens with one attached hydrogen (secondary N) is 1. The molecule has 4 rings (SSSR count). The van der Waals surface area contributed by atoms with Crippen LogP contribution in [0.1, 0.15) is 5.56 Å². The lowest BCUT2D eigenvalue weighted by molar-refractivity contribution is -0.115. The Bertz CT molecular complexity index is 1320. The van der Waals surface area contributed by atoms with Gasteiger partial charge in [-0.2, -0.15) is 0 Å². The van der Waals surface area contributed by atoms with E-state index in [0.29, 0.717) is 33.5 Å². The minimum Gasteiger partial charge on any atom is -0.493 e. The molecule has 0 saturated heterocycles. The average Bonchev–Trinajstić information content (AvgIpc) is 3.34. The van der Waals surface area contributed by atoms with E-state index in [1.165, 1.54) is 23.5 Å². The van der Waals surface area contributed by atoms with Crippen molar-refractivity contribution in [2.24, 2.45) is 0 Å². The fraction of sp³-hybridized carbons (Fsp3) is 0.143. The summed E-state index contributed by atoms with van der Waals surface area (Å²) in [6.07, 6.45) is 1.26. The van der Waals surface area contributed by atoms with Gasteiger partial charge in [-0.1, -0.05) is 24.3 Å². The van der Waals surface area contributed by atoms with E-state index in [9.17, 15) is 13.2 Å². The maximum atomic E-state index is 12.3. The molecule has 0 aliphatic carbocycles. The van der Waals surface area contributed by atoms with Gasteiger partial charge in [0.15, 0.2) is 32.1 Å². The van der Waals surface area contributed by atoms with Crippen molar-refractivity contribution in [1.82, 2.24) is 4.98 Å². The lowest BCUT2D eigenvalue weighted by Crippen LogP contribution is -2.14. The molecule has 7 nitrogen and oxygen atoms in total. The Labute approximate surface area is 177 Å². The van der Waals surface area contributed by atoms with Gasteiger partial charge in [-0.15, -0.1) is 11.3 Å². The number of nitrogens with zero attached hydrogens (tertiary/aromatic N) is 1. The van der Waals surface area contributed by atoms with E-state index in [1.54, 1.807) is 24.6 Å². The minimum absolute atomic E-state index is 0.112. The first-order chi connectivity index (χ1) is 14.3. The van der Waals surface area contributed by atoms with Crippen LogP contribution in [-0.4, -0.2) is 32.7 Å². The van der Waals surface area contributed by atoms with Crippen LogP contribution in [0.15, 0.2) is 63.2 Å². The van der Waals surface area contributed by atoms with E-state index >= 15 is 0 Å². The zero-order valence-electron chi connectivity index (χ0n) is 16.2. The van der Waals surface area contributed by atoms with Crippen molar-refractivity contribution in [1.29, 1.82) is 0 Å². The van der Waals surface area contributed by atoms with Crippen LogP contribution >= 0.6 is 11.3 Å². The zero-order chi connectivity index (χ0) is 21.3. The molecule has 0 radical (unpaired) electrons. The van der Waals surface area contributed by atoms with E-state index in [0.717, 1.165) is 11.6 Å². The van der Waals surface area contributed by atoms with Crippen molar-refractivity contribution in [3.8, 4) is 17.2 Å². The largest absolute Gasteiger partial charge is 0.493 e. The first-order valence-corrected chi connectivity index (χ1v) is 11.7. The fourth-order valence-electron chi connectivity index (χ4n) is 2.97. The Morgan fingerprint density at radius 3 is 2.67 bits per heavy atom. The molecule has 2 heterocycles. The van der Waals surface area contributed by atoms with Crippen LogP contribution in [0, 0.1) is 0 Å². The monoisotopic (exact) mass is 442 g/mol. The summed E-state index contributed by atoms with van der Waals surface area (Å²) in [6, 6.07) is 13.8. The summed E-state index contributed by atoms with van der Waals surface area (Å²) >= 11 is 1.30. The second kappa shape index (κ2) is 7.92. The molecule has 154 valence electrons. The van der Waals surface area contributed by atoms with Crippen LogP contribution in [0.5, 0.6) is 5.75 Å². The Morgan fingerprint density at radius 2 is 1.97 bits per heavy atom. The van der Waals surface area contributed by atoms with Crippen molar-refractivity contribution in [2.45, 2.75) is 11.3 Å². The molecule has 30 heavy (non-hydrogen) atoms. The standard InChI is InChI=1S/C21H18N2O5S2/c1-27-17-5-3-4-14-11-18(28-20(14)17)16-12-29-21(22-16)23-19(24)10-13-6-8-15(9-7-13)30(2,25)26/h3-9,11-12H,10H2,1-2H3,(H,22,23,24). The predicted octanol–water partition coefficient (Wildman–Crippen LogP) is 4.15. The Hall–Kier alpha value is -3.17. The van der Waals surface area contributed by atoms with Crippen LogP contribution in [0.4, 0.5) is 5.13 Å². The summed E-state index contributed by atoms with van der Waals surface area (Å²) in [5.74, 6) is 0.987. The molecule has 4 aromatic rings. The van der Waals surface area contributed by atoms with Crippen LogP contribution in [-0.2, 0) is 21.1 Å². The average molecular weight is 443 g/mol. The molecular weight excluding hydrogens is 424 g/mol. The summed E-state index contributed by atoms with van der Waals surface area (Å²) in [4.78, 5) is 17.0. The quantitative estimate of drug-likeness (QED) is 0.482.